The summed E-state index contributed by atoms with van der Waals surface area (Å²) in [5.41, 5.74) is 3.55. The molecule has 2 aliphatic heterocycles. The molecule has 4 heterocycles. The SMILES string of the molecule is CCOC(=O)N1CCN(CCOc2cc(C)n(-c3ccc(Cl)c(Cl)c3)n2)CC1.CCOC(=O)N1CCNCC1.Cc1cc(OCCCl)nn1-c1ccc(Cl)c(Cl)c1. The lowest BCUT2D eigenvalue weighted by atomic mass is 10.3. The van der Waals surface area contributed by atoms with Crippen LogP contribution in [0.25, 0.3) is 11.4 Å². The van der Waals surface area contributed by atoms with Gasteiger partial charge in [0.1, 0.15) is 13.2 Å². The highest BCUT2D eigenvalue weighted by Crippen LogP contribution is 2.27. The predicted molar refractivity (Wildman–Crippen MR) is 225 cm³/mol. The highest BCUT2D eigenvalue weighted by molar-refractivity contribution is 6.42. The van der Waals surface area contributed by atoms with Crippen LogP contribution in [0.3, 0.4) is 0 Å². The number of halogens is 5. The number of aromatic nitrogens is 4. The van der Waals surface area contributed by atoms with E-state index in [0.717, 1.165) is 68.6 Å². The van der Waals surface area contributed by atoms with Crippen molar-refractivity contribution in [2.75, 3.05) is 91.2 Å². The van der Waals surface area contributed by atoms with Crippen molar-refractivity contribution in [1.82, 2.24) is 39.6 Å². The Morgan fingerprint density at radius 3 is 1.54 bits per heavy atom. The summed E-state index contributed by atoms with van der Waals surface area (Å²) in [4.78, 5) is 28.5. The zero-order chi connectivity index (χ0) is 41.3. The molecule has 2 aromatic carbocycles. The van der Waals surface area contributed by atoms with E-state index in [1.54, 1.807) is 43.4 Å². The zero-order valence-corrected chi connectivity index (χ0v) is 36.3. The number of hydrogen-bond donors (Lipinski definition) is 1. The Kier molecular flexibility index (Phi) is 19.1. The Balaban J connectivity index is 0.000000211. The number of nitrogens with one attached hydrogen (secondary N) is 1. The van der Waals surface area contributed by atoms with Crippen molar-refractivity contribution in [3.05, 3.63) is 80.0 Å². The normalized spacial score (nSPS) is 14.2. The number of benzene rings is 2. The van der Waals surface area contributed by atoms with Gasteiger partial charge in [0, 0.05) is 82.4 Å². The first-order valence-electron chi connectivity index (χ1n) is 18.6. The summed E-state index contributed by atoms with van der Waals surface area (Å²) in [5.74, 6) is 1.53. The molecule has 0 aliphatic carbocycles. The number of piperazine rings is 2. The number of aryl methyl sites for hydroxylation is 2. The van der Waals surface area contributed by atoms with Crippen LogP contribution in [0.1, 0.15) is 25.2 Å². The number of carbonyl (C=O) groups excluding carboxylic acids is 2. The largest absolute Gasteiger partial charge is 0.475 e. The van der Waals surface area contributed by atoms with Crippen molar-refractivity contribution >= 4 is 70.2 Å². The molecule has 0 radical (unpaired) electrons. The van der Waals surface area contributed by atoms with Crippen molar-refractivity contribution in [2.24, 2.45) is 0 Å². The van der Waals surface area contributed by atoms with Crippen LogP contribution >= 0.6 is 58.0 Å². The van der Waals surface area contributed by atoms with E-state index in [2.05, 4.69) is 20.4 Å². The third kappa shape index (κ3) is 14.3. The maximum absolute atomic E-state index is 11.7. The molecule has 57 heavy (non-hydrogen) atoms. The van der Waals surface area contributed by atoms with Gasteiger partial charge in [0.2, 0.25) is 11.8 Å². The van der Waals surface area contributed by atoms with Crippen molar-refractivity contribution in [1.29, 1.82) is 0 Å². The van der Waals surface area contributed by atoms with Gasteiger partial charge in [-0.1, -0.05) is 46.4 Å². The molecule has 312 valence electrons. The molecule has 4 aromatic rings. The second-order valence-electron chi connectivity index (χ2n) is 12.6. The summed E-state index contributed by atoms with van der Waals surface area (Å²) in [6.07, 6.45) is -0.421. The molecule has 2 aromatic heterocycles. The van der Waals surface area contributed by atoms with Crippen LogP contribution in [0.5, 0.6) is 11.8 Å². The average Bonchev–Trinajstić information content (AvgIpc) is 3.78. The first kappa shape index (κ1) is 46.1. The van der Waals surface area contributed by atoms with E-state index in [1.165, 1.54) is 0 Å². The first-order valence-corrected chi connectivity index (χ1v) is 20.6. The molecule has 0 spiro atoms. The second kappa shape index (κ2) is 23.7. The lowest BCUT2D eigenvalue weighted by Crippen LogP contribution is -2.49. The summed E-state index contributed by atoms with van der Waals surface area (Å²) >= 11 is 29.5. The number of ether oxygens (including phenoxy) is 4. The monoisotopic (exact) mass is 888 g/mol. The fourth-order valence-electron chi connectivity index (χ4n) is 5.64. The minimum Gasteiger partial charge on any atom is -0.475 e. The summed E-state index contributed by atoms with van der Waals surface area (Å²) < 4.78 is 24.6. The van der Waals surface area contributed by atoms with Crippen LogP contribution < -0.4 is 14.8 Å². The van der Waals surface area contributed by atoms with Crippen molar-refractivity contribution < 1.29 is 28.5 Å². The Bertz CT molecular complexity index is 1880. The molecule has 0 atom stereocenters. The number of carbonyl (C=O) groups is 2. The van der Waals surface area contributed by atoms with Gasteiger partial charge in [0.05, 0.1) is 50.6 Å². The molecule has 19 heteroatoms. The van der Waals surface area contributed by atoms with Gasteiger partial charge in [-0.3, -0.25) is 4.90 Å². The van der Waals surface area contributed by atoms with E-state index in [9.17, 15) is 9.59 Å². The van der Waals surface area contributed by atoms with Crippen molar-refractivity contribution in [3.8, 4) is 23.1 Å². The Hall–Kier alpha value is -3.63. The predicted octanol–water partition coefficient (Wildman–Crippen LogP) is 7.79. The quantitative estimate of drug-likeness (QED) is 0.149. The Morgan fingerprint density at radius 2 is 1.11 bits per heavy atom. The van der Waals surface area contributed by atoms with Crippen molar-refractivity contribution in [3.63, 3.8) is 0 Å². The number of hydrogen-bond acceptors (Lipinski definition) is 10. The minimum absolute atomic E-state index is 0.186. The molecule has 0 saturated carbocycles. The van der Waals surface area contributed by atoms with Gasteiger partial charge in [-0.05, 0) is 64.1 Å². The van der Waals surface area contributed by atoms with Crippen molar-refractivity contribution in [2.45, 2.75) is 27.7 Å². The fraction of sp³-hybridized carbons (Fsp3) is 0.474. The van der Waals surface area contributed by atoms with Crippen LogP contribution in [0.2, 0.25) is 20.1 Å². The first-order chi connectivity index (χ1) is 27.4. The molecule has 0 bridgehead atoms. The third-order valence-corrected chi connectivity index (χ3v) is 10.2. The maximum atomic E-state index is 11.7. The molecule has 1 N–H and O–H groups in total. The second-order valence-corrected chi connectivity index (χ2v) is 14.6. The van der Waals surface area contributed by atoms with Gasteiger partial charge in [0.25, 0.3) is 0 Å². The number of alkyl halides is 1. The van der Waals surface area contributed by atoms with Gasteiger partial charge in [-0.25, -0.2) is 19.0 Å². The molecule has 2 saturated heterocycles. The molecule has 2 fully saturated rings. The molecule has 2 aliphatic rings. The minimum atomic E-state index is -0.235. The Morgan fingerprint density at radius 1 is 0.649 bits per heavy atom. The van der Waals surface area contributed by atoms with E-state index in [-0.39, 0.29) is 12.2 Å². The van der Waals surface area contributed by atoms with E-state index in [0.29, 0.717) is 77.2 Å². The van der Waals surface area contributed by atoms with E-state index >= 15 is 0 Å². The van der Waals surface area contributed by atoms with Gasteiger partial charge >= 0.3 is 12.2 Å². The standard InChI is InChI=1S/C19H24Cl2N4O3.C12H11Cl3N2O.C7H14N2O2/c1-3-27-19(26)24-8-6-23(7-9-24)10-11-28-18-12-14(2)25(22-18)15-4-5-16(20)17(21)13-15;1-8-6-12(18-5-4-13)16-17(8)9-2-3-10(14)11(15)7-9;1-2-11-7(10)9-5-3-8-4-6-9/h4-5,12-13H,3,6-11H2,1-2H3;2-3,6-7H,4-5H2,1H3;8H,2-6H2,1H3. The van der Waals surface area contributed by atoms with E-state index in [1.807, 2.05) is 52.0 Å². The van der Waals surface area contributed by atoms with Gasteiger partial charge < -0.3 is 34.1 Å². The molecule has 6 rings (SSSR count). The average molecular weight is 891 g/mol. The molecule has 14 nitrogen and oxygen atoms in total. The summed E-state index contributed by atoms with van der Waals surface area (Å²) in [7, 11) is 0. The summed E-state index contributed by atoms with van der Waals surface area (Å²) in [6.45, 7) is 16.3. The number of amides is 2. The smallest absolute Gasteiger partial charge is 0.409 e. The maximum Gasteiger partial charge on any atom is 0.409 e. The fourth-order valence-corrected chi connectivity index (χ4v) is 6.30. The van der Waals surface area contributed by atoms with E-state index in [4.69, 9.17) is 77.0 Å². The van der Waals surface area contributed by atoms with Gasteiger partial charge in [-0.2, -0.15) is 0 Å². The van der Waals surface area contributed by atoms with Gasteiger partial charge in [-0.15, -0.1) is 21.8 Å². The van der Waals surface area contributed by atoms with Crippen LogP contribution in [0.15, 0.2) is 48.5 Å². The summed E-state index contributed by atoms with van der Waals surface area (Å²) in [5, 5.41) is 14.0. The molecular weight excluding hydrogens is 842 g/mol. The van der Waals surface area contributed by atoms with Crippen LogP contribution in [-0.2, 0) is 9.47 Å². The Labute approximate surface area is 358 Å². The highest BCUT2D eigenvalue weighted by Gasteiger charge is 2.22. The molecule has 0 unspecified atom stereocenters. The lowest BCUT2D eigenvalue weighted by Gasteiger charge is -2.33. The molecule has 2 amide bonds. The summed E-state index contributed by atoms with van der Waals surface area (Å²) in [6, 6.07) is 14.5. The number of rotatable bonds is 11. The van der Waals surface area contributed by atoms with Crippen LogP contribution in [-0.4, -0.2) is 138 Å². The zero-order valence-electron chi connectivity index (χ0n) is 32.5. The van der Waals surface area contributed by atoms with E-state index < -0.39 is 0 Å². The molecular formula is C38H49Cl5N8O6. The lowest BCUT2D eigenvalue weighted by molar-refractivity contribution is 0.0755. The highest BCUT2D eigenvalue weighted by atomic mass is 35.5. The third-order valence-electron chi connectivity index (χ3n) is 8.55. The van der Waals surface area contributed by atoms with Crippen LogP contribution in [0, 0.1) is 13.8 Å². The number of nitrogens with zero attached hydrogens (tertiary/aromatic N) is 7. The van der Waals surface area contributed by atoms with Gasteiger partial charge in [0.15, 0.2) is 0 Å². The van der Waals surface area contributed by atoms with Crippen LogP contribution in [0.4, 0.5) is 9.59 Å². The topological polar surface area (TPSA) is 128 Å².